The number of anilines is 2. The minimum atomic E-state index is -0.411. The maximum absolute atomic E-state index is 15.3. The Bertz CT molecular complexity index is 814. The van der Waals surface area contributed by atoms with Crippen LogP contribution in [0.4, 0.5) is 15.8 Å². The normalized spacial score (nSPS) is 25.6. The van der Waals surface area contributed by atoms with E-state index in [-0.39, 0.29) is 23.8 Å². The van der Waals surface area contributed by atoms with Crippen molar-refractivity contribution >= 4 is 11.4 Å². The standard InChI is InChI=1S/C20H25FN4O2/c21-18-14(8-15(22)19(23)17(18)16-2-1-7-27-16)12-9-24-20(25-10-12)11-3-5-13(26)6-4-11/h8-11,13,16,26H,1-7,22-23H2/t11?,13?,16-/m1/s1. The number of benzene rings is 1. The first-order chi connectivity index (χ1) is 13.0. The second-order valence-corrected chi connectivity index (χ2v) is 7.49. The molecule has 2 aliphatic rings. The van der Waals surface area contributed by atoms with E-state index in [1.165, 1.54) is 0 Å². The van der Waals surface area contributed by atoms with Crippen molar-refractivity contribution in [1.29, 1.82) is 0 Å². The lowest BCUT2D eigenvalue weighted by Crippen LogP contribution is -2.18. The van der Waals surface area contributed by atoms with E-state index in [1.54, 1.807) is 18.5 Å². The zero-order valence-corrected chi connectivity index (χ0v) is 15.2. The molecule has 1 aliphatic carbocycles. The highest BCUT2D eigenvalue weighted by atomic mass is 19.1. The number of rotatable bonds is 3. The van der Waals surface area contributed by atoms with Crippen molar-refractivity contribution in [3.05, 3.63) is 35.7 Å². The van der Waals surface area contributed by atoms with Crippen LogP contribution in [0.25, 0.3) is 11.1 Å². The minimum absolute atomic E-state index is 0.219. The zero-order valence-electron chi connectivity index (χ0n) is 15.2. The molecule has 1 aliphatic heterocycles. The van der Waals surface area contributed by atoms with E-state index in [0.717, 1.165) is 44.3 Å². The largest absolute Gasteiger partial charge is 0.397 e. The van der Waals surface area contributed by atoms with Gasteiger partial charge < -0.3 is 21.3 Å². The fraction of sp³-hybridized carbons (Fsp3) is 0.500. The van der Waals surface area contributed by atoms with E-state index in [2.05, 4.69) is 9.97 Å². The molecule has 1 aromatic heterocycles. The smallest absolute Gasteiger partial charge is 0.139 e. The Morgan fingerprint density at radius 1 is 1.07 bits per heavy atom. The Balaban J connectivity index is 1.65. The summed E-state index contributed by atoms with van der Waals surface area (Å²) in [6, 6.07) is 1.54. The van der Waals surface area contributed by atoms with Gasteiger partial charge in [0.05, 0.1) is 23.6 Å². The van der Waals surface area contributed by atoms with Crippen LogP contribution in [0.5, 0.6) is 0 Å². The van der Waals surface area contributed by atoms with E-state index < -0.39 is 5.82 Å². The van der Waals surface area contributed by atoms with Crippen molar-refractivity contribution in [3.8, 4) is 11.1 Å². The number of halogens is 1. The Morgan fingerprint density at radius 2 is 1.78 bits per heavy atom. The van der Waals surface area contributed by atoms with Crippen molar-refractivity contribution in [2.24, 2.45) is 0 Å². The topological polar surface area (TPSA) is 107 Å². The number of nitrogen functional groups attached to an aromatic ring is 2. The van der Waals surface area contributed by atoms with Gasteiger partial charge in [-0.1, -0.05) is 0 Å². The van der Waals surface area contributed by atoms with Crippen molar-refractivity contribution < 1.29 is 14.2 Å². The van der Waals surface area contributed by atoms with Crippen LogP contribution >= 0.6 is 0 Å². The molecule has 2 aromatic rings. The molecule has 5 N–H and O–H groups in total. The second-order valence-electron chi connectivity index (χ2n) is 7.49. The summed E-state index contributed by atoms with van der Waals surface area (Å²) in [4.78, 5) is 8.92. The SMILES string of the molecule is Nc1cc(-c2cnc(C3CCC(O)CC3)nc2)c(F)c([C@H]2CCCO2)c1N. The van der Waals surface area contributed by atoms with Crippen LogP contribution in [0.15, 0.2) is 18.5 Å². The van der Waals surface area contributed by atoms with Crippen LogP contribution in [-0.4, -0.2) is 27.8 Å². The summed E-state index contributed by atoms with van der Waals surface area (Å²) in [5.74, 6) is 0.575. The summed E-state index contributed by atoms with van der Waals surface area (Å²) in [5, 5.41) is 9.65. The first-order valence-electron chi connectivity index (χ1n) is 9.54. The molecule has 1 atom stereocenters. The van der Waals surface area contributed by atoms with Crippen LogP contribution in [0.2, 0.25) is 0 Å². The van der Waals surface area contributed by atoms with Crippen molar-refractivity contribution in [3.63, 3.8) is 0 Å². The molecule has 144 valence electrons. The van der Waals surface area contributed by atoms with E-state index in [9.17, 15) is 5.11 Å². The van der Waals surface area contributed by atoms with Gasteiger partial charge in [0.2, 0.25) is 0 Å². The summed E-state index contributed by atoms with van der Waals surface area (Å²) < 4.78 is 20.9. The molecular formula is C20H25FN4O2. The number of hydrogen-bond acceptors (Lipinski definition) is 6. The fourth-order valence-electron chi connectivity index (χ4n) is 4.07. The van der Waals surface area contributed by atoms with Crippen LogP contribution in [0, 0.1) is 5.82 Å². The molecule has 7 heteroatoms. The molecule has 4 rings (SSSR count). The lowest BCUT2D eigenvalue weighted by atomic mass is 9.87. The quantitative estimate of drug-likeness (QED) is 0.714. The predicted molar refractivity (Wildman–Crippen MR) is 101 cm³/mol. The number of aliphatic hydroxyl groups excluding tert-OH is 1. The first kappa shape index (κ1) is 18.1. The molecule has 2 heterocycles. The van der Waals surface area contributed by atoms with Gasteiger partial charge in [-0.25, -0.2) is 14.4 Å². The first-order valence-corrected chi connectivity index (χ1v) is 9.54. The molecule has 0 bridgehead atoms. The van der Waals surface area contributed by atoms with Gasteiger partial charge in [0, 0.05) is 41.6 Å². The molecule has 1 saturated heterocycles. The number of aliphatic hydroxyl groups is 1. The molecule has 6 nitrogen and oxygen atoms in total. The molecule has 1 saturated carbocycles. The number of hydrogen-bond donors (Lipinski definition) is 3. The highest BCUT2D eigenvalue weighted by molar-refractivity contribution is 5.78. The van der Waals surface area contributed by atoms with E-state index in [4.69, 9.17) is 16.2 Å². The summed E-state index contributed by atoms with van der Waals surface area (Å²) >= 11 is 0. The molecule has 2 fully saturated rings. The zero-order chi connectivity index (χ0) is 19.0. The third-order valence-corrected chi connectivity index (χ3v) is 5.67. The Hall–Kier alpha value is -2.25. The number of nitrogens with two attached hydrogens (primary N) is 2. The minimum Gasteiger partial charge on any atom is -0.397 e. The van der Waals surface area contributed by atoms with E-state index in [1.807, 2.05) is 0 Å². The van der Waals surface area contributed by atoms with Gasteiger partial charge in [0.15, 0.2) is 0 Å². The van der Waals surface area contributed by atoms with Crippen LogP contribution in [-0.2, 0) is 4.74 Å². The maximum atomic E-state index is 15.3. The molecule has 0 spiro atoms. The third kappa shape index (κ3) is 3.49. The summed E-state index contributed by atoms with van der Waals surface area (Å²) in [6.07, 6.45) is 7.58. The van der Waals surface area contributed by atoms with Crippen molar-refractivity contribution in [2.75, 3.05) is 18.1 Å². The Labute approximate surface area is 157 Å². The van der Waals surface area contributed by atoms with Crippen molar-refractivity contribution in [2.45, 2.75) is 56.7 Å². The van der Waals surface area contributed by atoms with Gasteiger partial charge in [0.25, 0.3) is 0 Å². The van der Waals surface area contributed by atoms with Gasteiger partial charge >= 0.3 is 0 Å². The summed E-state index contributed by atoms with van der Waals surface area (Å²) in [6.45, 7) is 0.599. The van der Waals surface area contributed by atoms with Crippen LogP contribution in [0.1, 0.15) is 61.9 Å². The molecule has 0 amide bonds. The van der Waals surface area contributed by atoms with Crippen LogP contribution in [0.3, 0.4) is 0 Å². The lowest BCUT2D eigenvalue weighted by Gasteiger charge is -2.24. The summed E-state index contributed by atoms with van der Waals surface area (Å²) in [7, 11) is 0. The highest BCUT2D eigenvalue weighted by Crippen LogP contribution is 2.41. The molecule has 27 heavy (non-hydrogen) atoms. The Morgan fingerprint density at radius 3 is 2.41 bits per heavy atom. The molecule has 0 unspecified atom stereocenters. The van der Waals surface area contributed by atoms with Gasteiger partial charge in [-0.15, -0.1) is 0 Å². The lowest BCUT2D eigenvalue weighted by molar-refractivity contribution is 0.109. The van der Waals surface area contributed by atoms with E-state index in [0.29, 0.717) is 29.0 Å². The second kappa shape index (κ2) is 7.40. The molecule has 1 aromatic carbocycles. The number of aromatic nitrogens is 2. The third-order valence-electron chi connectivity index (χ3n) is 5.67. The average molecular weight is 372 g/mol. The monoisotopic (exact) mass is 372 g/mol. The highest BCUT2D eigenvalue weighted by Gasteiger charge is 2.28. The van der Waals surface area contributed by atoms with E-state index >= 15 is 4.39 Å². The molecular weight excluding hydrogens is 347 g/mol. The van der Waals surface area contributed by atoms with Gasteiger partial charge in [0.1, 0.15) is 11.6 Å². The summed E-state index contributed by atoms with van der Waals surface area (Å²) in [5.41, 5.74) is 13.9. The Kier molecular flexibility index (Phi) is 4.97. The van der Waals surface area contributed by atoms with Gasteiger partial charge in [-0.05, 0) is 44.6 Å². The number of ether oxygens (including phenoxy) is 1. The molecule has 0 radical (unpaired) electrons. The maximum Gasteiger partial charge on any atom is 0.139 e. The van der Waals surface area contributed by atoms with Gasteiger partial charge in [-0.3, -0.25) is 0 Å². The predicted octanol–water partition coefficient (Wildman–Crippen LogP) is 3.32. The van der Waals surface area contributed by atoms with Gasteiger partial charge in [-0.2, -0.15) is 0 Å². The number of nitrogens with zero attached hydrogens (tertiary/aromatic N) is 2. The average Bonchev–Trinajstić information content (AvgIpc) is 3.20. The van der Waals surface area contributed by atoms with Crippen molar-refractivity contribution in [1.82, 2.24) is 9.97 Å². The fourth-order valence-corrected chi connectivity index (χ4v) is 4.07. The van der Waals surface area contributed by atoms with Crippen LogP contribution < -0.4 is 11.5 Å².